The lowest BCUT2D eigenvalue weighted by Crippen LogP contribution is -2.44. The Kier molecular flexibility index (Phi) is 5.46. The van der Waals surface area contributed by atoms with Gasteiger partial charge in [-0.1, -0.05) is 12.1 Å². The molecule has 24 heavy (non-hydrogen) atoms. The number of hydrogen-bond donors (Lipinski definition) is 1. The van der Waals surface area contributed by atoms with E-state index in [0.717, 1.165) is 37.8 Å². The molecule has 1 aliphatic rings. The summed E-state index contributed by atoms with van der Waals surface area (Å²) >= 11 is 0. The fraction of sp³-hybridized carbons (Fsp3) is 0.500. The summed E-state index contributed by atoms with van der Waals surface area (Å²) in [5, 5.41) is 17.1. The van der Waals surface area contributed by atoms with Gasteiger partial charge in [-0.15, -0.1) is 10.2 Å². The molecule has 1 aliphatic heterocycles. The Morgan fingerprint density at radius 1 is 1.25 bits per heavy atom. The SMILES string of the molecule is O=C(CCn1cnnc1)N1CCCCC1CCc1cccc(O)c1. The van der Waals surface area contributed by atoms with Gasteiger partial charge in [-0.25, -0.2) is 0 Å². The van der Waals surface area contributed by atoms with Crippen LogP contribution in [0.3, 0.4) is 0 Å². The van der Waals surface area contributed by atoms with Crippen LogP contribution >= 0.6 is 0 Å². The lowest BCUT2D eigenvalue weighted by atomic mass is 9.95. The first-order chi connectivity index (χ1) is 11.7. The van der Waals surface area contributed by atoms with E-state index in [1.807, 2.05) is 16.7 Å². The van der Waals surface area contributed by atoms with E-state index >= 15 is 0 Å². The Morgan fingerprint density at radius 2 is 2.08 bits per heavy atom. The molecule has 1 aromatic heterocycles. The van der Waals surface area contributed by atoms with Crippen molar-refractivity contribution in [3.05, 3.63) is 42.5 Å². The third-order valence-corrected chi connectivity index (χ3v) is 4.67. The van der Waals surface area contributed by atoms with E-state index < -0.39 is 0 Å². The Morgan fingerprint density at radius 3 is 2.88 bits per heavy atom. The zero-order chi connectivity index (χ0) is 16.8. The summed E-state index contributed by atoms with van der Waals surface area (Å²) in [4.78, 5) is 14.7. The molecule has 1 atom stereocenters. The Labute approximate surface area is 142 Å². The average molecular weight is 328 g/mol. The molecule has 2 heterocycles. The normalized spacial score (nSPS) is 17.8. The van der Waals surface area contributed by atoms with Gasteiger partial charge in [-0.2, -0.15) is 0 Å². The second kappa shape index (κ2) is 7.95. The van der Waals surface area contributed by atoms with E-state index in [4.69, 9.17) is 0 Å². The first kappa shape index (κ1) is 16.5. The van der Waals surface area contributed by atoms with Crippen LogP contribution in [0.25, 0.3) is 0 Å². The number of aryl methyl sites for hydroxylation is 2. The monoisotopic (exact) mass is 328 g/mol. The summed E-state index contributed by atoms with van der Waals surface area (Å²) in [6, 6.07) is 7.69. The molecule has 1 unspecified atom stereocenters. The number of piperidine rings is 1. The van der Waals surface area contributed by atoms with Gasteiger partial charge >= 0.3 is 0 Å². The summed E-state index contributed by atoms with van der Waals surface area (Å²) in [5.74, 6) is 0.516. The van der Waals surface area contributed by atoms with Crippen molar-refractivity contribution in [1.29, 1.82) is 0 Å². The number of benzene rings is 1. The van der Waals surface area contributed by atoms with E-state index in [-0.39, 0.29) is 5.91 Å². The van der Waals surface area contributed by atoms with Crippen molar-refractivity contribution in [2.24, 2.45) is 0 Å². The quantitative estimate of drug-likeness (QED) is 0.884. The molecular formula is C18H24N4O2. The number of phenolic OH excluding ortho intramolecular Hbond substituents is 1. The number of rotatable bonds is 6. The maximum absolute atomic E-state index is 12.6. The van der Waals surface area contributed by atoms with Crippen LogP contribution in [0.2, 0.25) is 0 Å². The predicted molar refractivity (Wildman–Crippen MR) is 90.4 cm³/mol. The number of aromatic nitrogens is 3. The van der Waals surface area contributed by atoms with Gasteiger partial charge in [0.2, 0.25) is 5.91 Å². The molecular weight excluding hydrogens is 304 g/mol. The summed E-state index contributed by atoms with van der Waals surface area (Å²) in [6.07, 6.45) is 8.93. The van der Waals surface area contributed by atoms with Crippen LogP contribution in [-0.4, -0.2) is 43.3 Å². The molecule has 0 radical (unpaired) electrons. The van der Waals surface area contributed by atoms with E-state index in [2.05, 4.69) is 15.1 Å². The fourth-order valence-electron chi connectivity index (χ4n) is 3.38. The van der Waals surface area contributed by atoms with E-state index in [0.29, 0.717) is 24.8 Å². The molecule has 2 aromatic rings. The number of aromatic hydroxyl groups is 1. The molecule has 1 N–H and O–H groups in total. The number of likely N-dealkylation sites (tertiary alicyclic amines) is 1. The number of amides is 1. The molecule has 6 heteroatoms. The largest absolute Gasteiger partial charge is 0.508 e. The van der Waals surface area contributed by atoms with Gasteiger partial charge in [-0.3, -0.25) is 4.79 Å². The fourth-order valence-corrected chi connectivity index (χ4v) is 3.38. The lowest BCUT2D eigenvalue weighted by molar-refractivity contribution is -0.135. The van der Waals surface area contributed by atoms with E-state index in [9.17, 15) is 9.90 Å². The van der Waals surface area contributed by atoms with Crippen molar-refractivity contribution in [3.8, 4) is 5.75 Å². The van der Waals surface area contributed by atoms with Crippen molar-refractivity contribution < 1.29 is 9.90 Å². The zero-order valence-corrected chi connectivity index (χ0v) is 13.8. The van der Waals surface area contributed by atoms with Crippen LogP contribution in [-0.2, 0) is 17.8 Å². The van der Waals surface area contributed by atoms with Crippen LogP contribution in [0.1, 0.15) is 37.7 Å². The predicted octanol–water partition coefficient (Wildman–Crippen LogP) is 2.39. The van der Waals surface area contributed by atoms with Crippen molar-refractivity contribution >= 4 is 5.91 Å². The minimum Gasteiger partial charge on any atom is -0.508 e. The second-order valence-electron chi connectivity index (χ2n) is 6.40. The smallest absolute Gasteiger partial charge is 0.224 e. The van der Waals surface area contributed by atoms with Crippen molar-refractivity contribution in [1.82, 2.24) is 19.7 Å². The third kappa shape index (κ3) is 4.34. The topological polar surface area (TPSA) is 71.2 Å². The molecule has 3 rings (SSSR count). The Balaban J connectivity index is 1.55. The van der Waals surface area contributed by atoms with Crippen LogP contribution in [0.15, 0.2) is 36.9 Å². The first-order valence-electron chi connectivity index (χ1n) is 8.62. The second-order valence-corrected chi connectivity index (χ2v) is 6.40. The molecule has 1 saturated heterocycles. The summed E-state index contributed by atoms with van der Waals surface area (Å²) in [6.45, 7) is 1.48. The van der Waals surface area contributed by atoms with Gasteiger partial charge in [0.15, 0.2) is 0 Å². The molecule has 1 amide bonds. The number of nitrogens with zero attached hydrogens (tertiary/aromatic N) is 4. The molecule has 0 bridgehead atoms. The van der Waals surface area contributed by atoms with E-state index in [1.165, 1.54) is 6.42 Å². The maximum Gasteiger partial charge on any atom is 0.224 e. The zero-order valence-electron chi connectivity index (χ0n) is 13.8. The molecule has 0 spiro atoms. The first-order valence-corrected chi connectivity index (χ1v) is 8.62. The highest BCUT2D eigenvalue weighted by Gasteiger charge is 2.26. The maximum atomic E-state index is 12.6. The van der Waals surface area contributed by atoms with Gasteiger partial charge in [-0.05, 0) is 49.8 Å². The number of phenols is 1. The minimum atomic E-state index is 0.212. The van der Waals surface area contributed by atoms with Gasteiger partial charge in [0.25, 0.3) is 0 Å². The number of carbonyl (C=O) groups excluding carboxylic acids is 1. The minimum absolute atomic E-state index is 0.212. The van der Waals surface area contributed by atoms with E-state index in [1.54, 1.807) is 24.8 Å². The molecule has 1 aromatic carbocycles. The average Bonchev–Trinajstić information content (AvgIpc) is 3.12. The Hall–Kier alpha value is -2.37. The molecule has 1 fully saturated rings. The summed E-state index contributed by atoms with van der Waals surface area (Å²) in [7, 11) is 0. The highest BCUT2D eigenvalue weighted by Crippen LogP contribution is 2.23. The van der Waals surface area contributed by atoms with Gasteiger partial charge in [0.1, 0.15) is 18.4 Å². The number of hydrogen-bond acceptors (Lipinski definition) is 4. The van der Waals surface area contributed by atoms with Crippen LogP contribution in [0, 0.1) is 0 Å². The van der Waals surface area contributed by atoms with Crippen molar-refractivity contribution in [3.63, 3.8) is 0 Å². The molecule has 0 saturated carbocycles. The molecule has 6 nitrogen and oxygen atoms in total. The van der Waals surface area contributed by atoms with Gasteiger partial charge in [0, 0.05) is 25.6 Å². The van der Waals surface area contributed by atoms with Gasteiger partial charge < -0.3 is 14.6 Å². The highest BCUT2D eigenvalue weighted by atomic mass is 16.3. The van der Waals surface area contributed by atoms with Crippen molar-refractivity contribution in [2.45, 2.75) is 51.1 Å². The van der Waals surface area contributed by atoms with Crippen LogP contribution in [0.4, 0.5) is 0 Å². The lowest BCUT2D eigenvalue weighted by Gasteiger charge is -2.36. The molecule has 128 valence electrons. The van der Waals surface area contributed by atoms with Crippen LogP contribution in [0.5, 0.6) is 5.75 Å². The molecule has 0 aliphatic carbocycles. The number of carbonyl (C=O) groups is 1. The van der Waals surface area contributed by atoms with Crippen molar-refractivity contribution in [2.75, 3.05) is 6.54 Å². The highest BCUT2D eigenvalue weighted by molar-refractivity contribution is 5.76. The Bertz CT molecular complexity index is 657. The third-order valence-electron chi connectivity index (χ3n) is 4.67. The van der Waals surface area contributed by atoms with Crippen LogP contribution < -0.4 is 0 Å². The summed E-state index contributed by atoms with van der Waals surface area (Å²) in [5.41, 5.74) is 1.12. The van der Waals surface area contributed by atoms with Gasteiger partial charge in [0.05, 0.1) is 0 Å². The standard InChI is InChI=1S/C18H24N4O2/c23-17-6-3-4-15(12-17)7-8-16-5-1-2-10-22(16)18(24)9-11-21-13-19-20-14-21/h3-4,6,12-14,16,23H,1-2,5,7-11H2. The summed E-state index contributed by atoms with van der Waals surface area (Å²) < 4.78 is 1.84.